The number of likely N-dealkylation sites (tertiary alicyclic amines) is 1. The van der Waals surface area contributed by atoms with Gasteiger partial charge in [0.25, 0.3) is 5.91 Å². The number of amides is 2. The van der Waals surface area contributed by atoms with E-state index in [4.69, 9.17) is 9.57 Å². The Kier molecular flexibility index (Phi) is 6.97. The van der Waals surface area contributed by atoms with Gasteiger partial charge in [-0.1, -0.05) is 47.6 Å². The predicted molar refractivity (Wildman–Crippen MR) is 111 cm³/mol. The molecule has 29 heavy (non-hydrogen) atoms. The lowest BCUT2D eigenvalue weighted by atomic mass is 10.0. The Labute approximate surface area is 170 Å². The fourth-order valence-corrected chi connectivity index (χ4v) is 3.34. The summed E-state index contributed by atoms with van der Waals surface area (Å²) in [4.78, 5) is 32.1. The van der Waals surface area contributed by atoms with E-state index in [1.54, 1.807) is 19.2 Å². The minimum atomic E-state index is -0.623. The maximum absolute atomic E-state index is 13.1. The lowest BCUT2D eigenvalue weighted by molar-refractivity contribution is -0.125. The lowest BCUT2D eigenvalue weighted by Crippen LogP contribution is -2.46. The van der Waals surface area contributed by atoms with Gasteiger partial charge in [-0.25, -0.2) is 0 Å². The summed E-state index contributed by atoms with van der Waals surface area (Å²) in [6, 6.07) is 16.7. The number of oxime groups is 1. The molecule has 1 saturated heterocycles. The van der Waals surface area contributed by atoms with Gasteiger partial charge in [0, 0.05) is 25.6 Å². The Balaban J connectivity index is 1.77. The van der Waals surface area contributed by atoms with Crippen molar-refractivity contribution in [2.75, 3.05) is 33.9 Å². The highest BCUT2D eigenvalue weighted by Crippen LogP contribution is 2.23. The maximum atomic E-state index is 13.1. The molecule has 0 aliphatic carbocycles. The van der Waals surface area contributed by atoms with Crippen LogP contribution < -0.4 is 5.32 Å². The second-order valence-electron chi connectivity index (χ2n) is 6.72. The SMILES string of the molecule is COCCNC(=O)[C@@H]1C/C(=N/OC)CN1C(=O)c1ccc(-c2ccccc2)cc1. The molecule has 0 spiro atoms. The molecule has 0 bridgehead atoms. The second-order valence-corrected chi connectivity index (χ2v) is 6.72. The van der Waals surface area contributed by atoms with E-state index in [0.29, 0.717) is 30.8 Å². The third kappa shape index (κ3) is 5.00. The van der Waals surface area contributed by atoms with E-state index in [2.05, 4.69) is 10.5 Å². The lowest BCUT2D eigenvalue weighted by Gasteiger charge is -2.23. The molecule has 2 aromatic carbocycles. The van der Waals surface area contributed by atoms with Crippen LogP contribution in [-0.4, -0.2) is 62.4 Å². The van der Waals surface area contributed by atoms with Gasteiger partial charge in [-0.2, -0.15) is 0 Å². The summed E-state index contributed by atoms with van der Waals surface area (Å²) >= 11 is 0. The molecule has 1 N–H and O–H groups in total. The van der Waals surface area contributed by atoms with Crippen LogP contribution in [0.5, 0.6) is 0 Å². The van der Waals surface area contributed by atoms with E-state index in [9.17, 15) is 9.59 Å². The van der Waals surface area contributed by atoms with Crippen molar-refractivity contribution in [2.24, 2.45) is 5.16 Å². The fraction of sp³-hybridized carbons (Fsp3) is 0.318. The summed E-state index contributed by atoms with van der Waals surface area (Å²) in [6.45, 7) is 1.05. The van der Waals surface area contributed by atoms with E-state index >= 15 is 0 Å². The molecule has 2 aromatic rings. The van der Waals surface area contributed by atoms with Crippen molar-refractivity contribution < 1.29 is 19.2 Å². The number of carbonyl (C=O) groups excluding carboxylic acids is 2. The highest BCUT2D eigenvalue weighted by molar-refractivity contribution is 6.05. The molecule has 7 heteroatoms. The number of nitrogens with zero attached hydrogens (tertiary/aromatic N) is 2. The quantitative estimate of drug-likeness (QED) is 0.576. The molecule has 0 unspecified atom stereocenters. The number of benzene rings is 2. The summed E-state index contributed by atoms with van der Waals surface area (Å²) in [7, 11) is 3.02. The molecule has 0 saturated carbocycles. The molecular formula is C22H25N3O4. The van der Waals surface area contributed by atoms with Crippen LogP contribution in [0.3, 0.4) is 0 Å². The first-order valence-corrected chi connectivity index (χ1v) is 9.46. The Morgan fingerprint density at radius 3 is 2.41 bits per heavy atom. The fourth-order valence-electron chi connectivity index (χ4n) is 3.34. The molecule has 0 radical (unpaired) electrons. The average Bonchev–Trinajstić information content (AvgIpc) is 3.18. The summed E-state index contributed by atoms with van der Waals surface area (Å²) in [5.41, 5.74) is 3.29. The van der Waals surface area contributed by atoms with Crippen LogP contribution in [0.15, 0.2) is 59.8 Å². The highest BCUT2D eigenvalue weighted by Gasteiger charge is 2.38. The molecule has 1 fully saturated rings. The molecule has 1 aliphatic heterocycles. The van der Waals surface area contributed by atoms with Crippen LogP contribution in [-0.2, 0) is 14.4 Å². The van der Waals surface area contributed by atoms with E-state index in [1.807, 2.05) is 42.5 Å². The topological polar surface area (TPSA) is 80.2 Å². The second kappa shape index (κ2) is 9.84. The third-order valence-corrected chi connectivity index (χ3v) is 4.79. The van der Waals surface area contributed by atoms with E-state index in [0.717, 1.165) is 11.1 Å². The number of hydrogen-bond donors (Lipinski definition) is 1. The zero-order valence-electron chi connectivity index (χ0n) is 16.6. The number of nitrogens with one attached hydrogen (secondary N) is 1. The minimum absolute atomic E-state index is 0.210. The summed E-state index contributed by atoms with van der Waals surface area (Å²) in [5, 5.41) is 6.75. The van der Waals surface area contributed by atoms with Crippen LogP contribution >= 0.6 is 0 Å². The van der Waals surface area contributed by atoms with Gasteiger partial charge in [-0.3, -0.25) is 9.59 Å². The van der Waals surface area contributed by atoms with E-state index in [1.165, 1.54) is 12.0 Å². The number of carbonyl (C=O) groups is 2. The van der Waals surface area contributed by atoms with Crippen molar-refractivity contribution >= 4 is 17.5 Å². The Bertz CT molecular complexity index is 865. The van der Waals surface area contributed by atoms with Gasteiger partial charge in [0.15, 0.2) is 0 Å². The number of rotatable bonds is 7. The van der Waals surface area contributed by atoms with Crippen molar-refractivity contribution in [2.45, 2.75) is 12.5 Å². The Morgan fingerprint density at radius 1 is 1.07 bits per heavy atom. The molecular weight excluding hydrogens is 370 g/mol. The predicted octanol–water partition coefficient (Wildman–Crippen LogP) is 2.33. The number of methoxy groups -OCH3 is 1. The van der Waals surface area contributed by atoms with Crippen molar-refractivity contribution in [3.8, 4) is 11.1 Å². The summed E-state index contributed by atoms with van der Waals surface area (Å²) < 4.78 is 4.97. The first-order chi connectivity index (χ1) is 14.1. The van der Waals surface area contributed by atoms with Gasteiger partial charge in [0.2, 0.25) is 5.91 Å². The largest absolute Gasteiger partial charge is 0.399 e. The zero-order valence-corrected chi connectivity index (χ0v) is 16.6. The van der Waals surface area contributed by atoms with Crippen LogP contribution in [0.4, 0.5) is 0 Å². The maximum Gasteiger partial charge on any atom is 0.254 e. The van der Waals surface area contributed by atoms with Gasteiger partial charge < -0.3 is 19.8 Å². The van der Waals surface area contributed by atoms with E-state index < -0.39 is 6.04 Å². The molecule has 7 nitrogen and oxygen atoms in total. The van der Waals surface area contributed by atoms with Gasteiger partial charge in [-0.15, -0.1) is 0 Å². The number of hydrogen-bond acceptors (Lipinski definition) is 5. The normalized spacial score (nSPS) is 17.4. The first-order valence-electron chi connectivity index (χ1n) is 9.46. The molecule has 1 aliphatic rings. The number of ether oxygens (including phenoxy) is 1. The minimum Gasteiger partial charge on any atom is -0.399 e. The van der Waals surface area contributed by atoms with Gasteiger partial charge in [-0.05, 0) is 23.3 Å². The van der Waals surface area contributed by atoms with Crippen LogP contribution in [0.2, 0.25) is 0 Å². The average molecular weight is 395 g/mol. The molecule has 0 aromatic heterocycles. The van der Waals surface area contributed by atoms with E-state index in [-0.39, 0.29) is 18.4 Å². The molecule has 152 valence electrons. The smallest absolute Gasteiger partial charge is 0.254 e. The third-order valence-electron chi connectivity index (χ3n) is 4.79. The summed E-state index contributed by atoms with van der Waals surface area (Å²) in [6.07, 6.45) is 0.348. The molecule has 2 amide bonds. The van der Waals surface area contributed by atoms with Crippen molar-refractivity contribution in [3.05, 3.63) is 60.2 Å². The standard InChI is InChI=1S/C22H25N3O4/c1-28-13-12-23-21(26)20-14-19(24-29-2)15-25(20)22(27)18-10-8-17(9-11-18)16-6-4-3-5-7-16/h3-11,20H,12-15H2,1-2H3,(H,23,26)/b24-19-/t20-/m0/s1. The molecule has 1 atom stereocenters. The van der Waals surface area contributed by atoms with Crippen molar-refractivity contribution in [1.29, 1.82) is 0 Å². The van der Waals surface area contributed by atoms with Crippen LogP contribution in [0, 0.1) is 0 Å². The Hall–Kier alpha value is -3.19. The van der Waals surface area contributed by atoms with Crippen LogP contribution in [0.25, 0.3) is 11.1 Å². The van der Waals surface area contributed by atoms with Crippen LogP contribution in [0.1, 0.15) is 16.8 Å². The van der Waals surface area contributed by atoms with Crippen molar-refractivity contribution in [1.82, 2.24) is 10.2 Å². The highest BCUT2D eigenvalue weighted by atomic mass is 16.6. The van der Waals surface area contributed by atoms with Gasteiger partial charge in [0.05, 0.1) is 18.9 Å². The van der Waals surface area contributed by atoms with Gasteiger partial charge in [0.1, 0.15) is 13.2 Å². The van der Waals surface area contributed by atoms with Crippen molar-refractivity contribution in [3.63, 3.8) is 0 Å². The first kappa shape index (κ1) is 20.5. The monoisotopic (exact) mass is 395 g/mol. The Morgan fingerprint density at radius 2 is 1.76 bits per heavy atom. The zero-order chi connectivity index (χ0) is 20.6. The molecule has 3 rings (SSSR count). The summed E-state index contributed by atoms with van der Waals surface area (Å²) in [5.74, 6) is -0.435. The van der Waals surface area contributed by atoms with Gasteiger partial charge >= 0.3 is 0 Å². The molecule has 1 heterocycles.